The summed E-state index contributed by atoms with van der Waals surface area (Å²) in [5.41, 5.74) is 0. The van der Waals surface area contributed by atoms with Crippen molar-refractivity contribution in [2.45, 2.75) is 38.2 Å². The number of hydrogen-bond donors (Lipinski definition) is 1. The molecule has 1 heterocycles. The average molecular weight is 197 g/mol. The molecule has 0 aromatic rings. The molecule has 78 valence electrons. The third-order valence-electron chi connectivity index (χ3n) is 2.87. The van der Waals surface area contributed by atoms with Crippen LogP contribution in [0, 0.1) is 5.92 Å². The minimum absolute atomic E-state index is 0.0155. The van der Waals surface area contributed by atoms with Crippen molar-refractivity contribution in [2.24, 2.45) is 10.9 Å². The highest BCUT2D eigenvalue weighted by molar-refractivity contribution is 5.81. The fraction of sp³-hybridized carbons (Fsp3) is 0.800. The zero-order valence-corrected chi connectivity index (χ0v) is 8.11. The molecular weight excluding hydrogens is 182 g/mol. The lowest BCUT2D eigenvalue weighted by atomic mass is 9.85. The minimum atomic E-state index is -0.759. The van der Waals surface area contributed by atoms with Crippen LogP contribution < -0.4 is 0 Å². The molecule has 2 rings (SSSR count). The maximum atomic E-state index is 10.3. The highest BCUT2D eigenvalue weighted by Crippen LogP contribution is 2.30. The van der Waals surface area contributed by atoms with Crippen molar-refractivity contribution in [1.82, 2.24) is 0 Å². The van der Waals surface area contributed by atoms with Crippen LogP contribution in [0.25, 0.3) is 0 Å². The van der Waals surface area contributed by atoms with Gasteiger partial charge in [0.15, 0.2) is 5.90 Å². The summed E-state index contributed by atoms with van der Waals surface area (Å²) >= 11 is 0. The Kier molecular flexibility index (Phi) is 2.70. The monoisotopic (exact) mass is 197 g/mol. The average Bonchev–Trinajstić information content (AvgIpc) is 2.46. The highest BCUT2D eigenvalue weighted by atomic mass is 16.5. The molecule has 1 atom stereocenters. The lowest BCUT2D eigenvalue weighted by Gasteiger charge is -2.25. The Morgan fingerprint density at radius 3 is 2.93 bits per heavy atom. The van der Waals surface area contributed by atoms with Crippen LogP contribution >= 0.6 is 0 Å². The number of rotatable bonds is 4. The van der Waals surface area contributed by atoms with Gasteiger partial charge in [0, 0.05) is 12.3 Å². The fourth-order valence-corrected chi connectivity index (χ4v) is 1.75. The molecule has 1 unspecified atom stereocenters. The third-order valence-corrected chi connectivity index (χ3v) is 2.87. The smallest absolute Gasteiger partial charge is 0.303 e. The van der Waals surface area contributed by atoms with Crippen molar-refractivity contribution in [3.63, 3.8) is 0 Å². The van der Waals surface area contributed by atoms with Gasteiger partial charge in [0.2, 0.25) is 0 Å². The Labute approximate surface area is 83.0 Å². The van der Waals surface area contributed by atoms with E-state index in [0.29, 0.717) is 18.9 Å². The van der Waals surface area contributed by atoms with Gasteiger partial charge in [-0.15, -0.1) is 0 Å². The first-order chi connectivity index (χ1) is 6.75. The Morgan fingerprint density at radius 1 is 1.57 bits per heavy atom. The van der Waals surface area contributed by atoms with E-state index in [0.717, 1.165) is 5.90 Å². The van der Waals surface area contributed by atoms with Crippen LogP contribution in [0.15, 0.2) is 4.99 Å². The van der Waals surface area contributed by atoms with Crippen LogP contribution in [0.2, 0.25) is 0 Å². The van der Waals surface area contributed by atoms with Gasteiger partial charge in [-0.1, -0.05) is 6.42 Å². The molecule has 1 aliphatic carbocycles. The first kappa shape index (κ1) is 9.49. The number of aliphatic imine (C=N–C) groups is 1. The van der Waals surface area contributed by atoms with Gasteiger partial charge in [-0.3, -0.25) is 9.79 Å². The lowest BCUT2D eigenvalue weighted by Crippen LogP contribution is -2.24. The molecule has 4 nitrogen and oxygen atoms in total. The molecule has 2 aliphatic rings. The Morgan fingerprint density at radius 2 is 2.36 bits per heavy atom. The van der Waals surface area contributed by atoms with E-state index in [2.05, 4.69) is 4.99 Å². The SMILES string of the molecule is O=C(O)CCC1CN=C(C2CCC2)O1. The molecule has 4 heteroatoms. The van der Waals surface area contributed by atoms with Crippen molar-refractivity contribution in [2.75, 3.05) is 6.54 Å². The van der Waals surface area contributed by atoms with E-state index in [4.69, 9.17) is 9.84 Å². The van der Waals surface area contributed by atoms with Crippen molar-refractivity contribution in [1.29, 1.82) is 0 Å². The number of carbonyl (C=O) groups is 1. The Balaban J connectivity index is 1.72. The van der Waals surface area contributed by atoms with Gasteiger partial charge < -0.3 is 9.84 Å². The summed E-state index contributed by atoms with van der Waals surface area (Å²) in [5, 5.41) is 8.51. The van der Waals surface area contributed by atoms with Crippen LogP contribution in [-0.2, 0) is 9.53 Å². The third kappa shape index (κ3) is 2.05. The number of ether oxygens (including phenoxy) is 1. The molecule has 0 radical (unpaired) electrons. The van der Waals surface area contributed by atoms with Gasteiger partial charge >= 0.3 is 5.97 Å². The normalized spacial score (nSPS) is 26.6. The number of carboxylic acids is 1. The zero-order valence-electron chi connectivity index (χ0n) is 8.11. The Hall–Kier alpha value is -1.06. The zero-order chi connectivity index (χ0) is 9.97. The van der Waals surface area contributed by atoms with E-state index < -0.39 is 5.97 Å². The molecule has 14 heavy (non-hydrogen) atoms. The summed E-state index contributed by atoms with van der Waals surface area (Å²) in [6.07, 6.45) is 4.41. The van der Waals surface area contributed by atoms with Crippen molar-refractivity contribution in [3.05, 3.63) is 0 Å². The molecule has 1 aliphatic heterocycles. The first-order valence-electron chi connectivity index (χ1n) is 5.18. The van der Waals surface area contributed by atoms with Gasteiger partial charge in [0.25, 0.3) is 0 Å². The van der Waals surface area contributed by atoms with Crippen LogP contribution in [0.4, 0.5) is 0 Å². The number of hydrogen-bond acceptors (Lipinski definition) is 3. The molecule has 1 fully saturated rings. The van der Waals surface area contributed by atoms with Gasteiger partial charge in [0.1, 0.15) is 6.10 Å². The molecule has 0 aromatic heterocycles. The molecule has 0 aromatic carbocycles. The van der Waals surface area contributed by atoms with E-state index in [9.17, 15) is 4.79 Å². The standard InChI is InChI=1S/C10H15NO3/c12-9(13)5-4-8-6-11-10(14-8)7-2-1-3-7/h7-8H,1-6H2,(H,12,13). The van der Waals surface area contributed by atoms with Gasteiger partial charge in [-0.2, -0.15) is 0 Å². The summed E-state index contributed by atoms with van der Waals surface area (Å²) < 4.78 is 5.60. The van der Waals surface area contributed by atoms with E-state index >= 15 is 0 Å². The summed E-state index contributed by atoms with van der Waals surface area (Å²) in [5.74, 6) is 0.655. The largest absolute Gasteiger partial charge is 0.481 e. The summed E-state index contributed by atoms with van der Waals surface area (Å²) in [7, 11) is 0. The second-order valence-corrected chi connectivity index (χ2v) is 3.98. The molecule has 1 saturated carbocycles. The number of carboxylic acid groups (broad SMARTS) is 1. The Bertz CT molecular complexity index is 258. The summed E-state index contributed by atoms with van der Waals surface area (Å²) in [4.78, 5) is 14.7. The predicted octanol–water partition coefficient (Wildman–Crippen LogP) is 1.45. The molecule has 0 bridgehead atoms. The van der Waals surface area contributed by atoms with E-state index in [-0.39, 0.29) is 12.5 Å². The molecular formula is C10H15NO3. The van der Waals surface area contributed by atoms with E-state index in [1.54, 1.807) is 0 Å². The van der Waals surface area contributed by atoms with Crippen molar-refractivity contribution >= 4 is 11.9 Å². The fourth-order valence-electron chi connectivity index (χ4n) is 1.75. The van der Waals surface area contributed by atoms with E-state index in [1.807, 2.05) is 0 Å². The van der Waals surface area contributed by atoms with Gasteiger partial charge in [-0.05, 0) is 19.3 Å². The van der Waals surface area contributed by atoms with Gasteiger partial charge in [0.05, 0.1) is 6.54 Å². The maximum Gasteiger partial charge on any atom is 0.303 e. The van der Waals surface area contributed by atoms with Gasteiger partial charge in [-0.25, -0.2) is 0 Å². The lowest BCUT2D eigenvalue weighted by molar-refractivity contribution is -0.137. The molecule has 0 saturated heterocycles. The summed E-state index contributed by atoms with van der Waals surface area (Å²) in [6, 6.07) is 0. The first-order valence-corrected chi connectivity index (χ1v) is 5.18. The van der Waals surface area contributed by atoms with Crippen molar-refractivity contribution < 1.29 is 14.6 Å². The van der Waals surface area contributed by atoms with Crippen LogP contribution in [0.1, 0.15) is 32.1 Å². The minimum Gasteiger partial charge on any atom is -0.481 e. The molecule has 1 N–H and O–H groups in total. The van der Waals surface area contributed by atoms with Crippen molar-refractivity contribution in [3.8, 4) is 0 Å². The molecule has 0 spiro atoms. The maximum absolute atomic E-state index is 10.3. The predicted molar refractivity (Wildman–Crippen MR) is 51.4 cm³/mol. The quantitative estimate of drug-likeness (QED) is 0.742. The number of aliphatic carboxylic acids is 1. The topological polar surface area (TPSA) is 58.9 Å². The second kappa shape index (κ2) is 3.98. The van der Waals surface area contributed by atoms with Crippen LogP contribution in [-0.4, -0.2) is 29.6 Å². The second-order valence-electron chi connectivity index (χ2n) is 3.98. The highest BCUT2D eigenvalue weighted by Gasteiger charge is 2.30. The molecule has 0 amide bonds. The summed E-state index contributed by atoms with van der Waals surface area (Å²) in [6.45, 7) is 0.652. The van der Waals surface area contributed by atoms with E-state index in [1.165, 1.54) is 19.3 Å². The number of nitrogens with zero attached hydrogens (tertiary/aromatic N) is 1. The van der Waals surface area contributed by atoms with Crippen LogP contribution in [0.3, 0.4) is 0 Å². The van der Waals surface area contributed by atoms with Crippen LogP contribution in [0.5, 0.6) is 0 Å².